The highest BCUT2D eigenvalue weighted by molar-refractivity contribution is 5.10. The zero-order valence-corrected chi connectivity index (χ0v) is 14.0. The summed E-state index contributed by atoms with van der Waals surface area (Å²) in [6.45, 7) is 2.68. The van der Waals surface area contributed by atoms with Crippen LogP contribution < -0.4 is 0 Å². The third-order valence-electron chi connectivity index (χ3n) is 6.83. The van der Waals surface area contributed by atoms with Crippen LogP contribution in [0.25, 0.3) is 0 Å². The highest BCUT2D eigenvalue weighted by Gasteiger charge is 2.55. The first kappa shape index (κ1) is 15.8. The first-order valence-corrected chi connectivity index (χ1v) is 9.71. The van der Waals surface area contributed by atoms with E-state index in [2.05, 4.69) is 11.8 Å². The largest absolute Gasteiger partial charge is 0.395 e. The van der Waals surface area contributed by atoms with Crippen LogP contribution in [0.2, 0.25) is 0 Å². The zero-order valence-electron chi connectivity index (χ0n) is 14.0. The van der Waals surface area contributed by atoms with Crippen molar-refractivity contribution in [1.29, 1.82) is 0 Å². The van der Waals surface area contributed by atoms with E-state index in [1.165, 1.54) is 83.5 Å². The smallest absolute Gasteiger partial charge is 0.0587 e. The molecule has 0 unspecified atom stereocenters. The Balaban J connectivity index is 1.70. The van der Waals surface area contributed by atoms with Crippen molar-refractivity contribution in [3.05, 3.63) is 0 Å². The SMILES string of the molecule is CCCCCC[C@H]1CC[C@@H]2CCCC[C@]23CC[C@@H](CO)N13. The van der Waals surface area contributed by atoms with Gasteiger partial charge in [0.1, 0.15) is 0 Å². The maximum absolute atomic E-state index is 9.88. The van der Waals surface area contributed by atoms with E-state index in [9.17, 15) is 5.11 Å². The highest BCUT2D eigenvalue weighted by Crippen LogP contribution is 2.54. The molecule has 0 aromatic heterocycles. The van der Waals surface area contributed by atoms with Gasteiger partial charge in [0, 0.05) is 17.6 Å². The zero-order chi connectivity index (χ0) is 14.7. The molecule has 21 heavy (non-hydrogen) atoms. The Morgan fingerprint density at radius 2 is 1.86 bits per heavy atom. The van der Waals surface area contributed by atoms with Gasteiger partial charge in [-0.15, -0.1) is 0 Å². The van der Waals surface area contributed by atoms with Crippen molar-refractivity contribution in [3.8, 4) is 0 Å². The minimum atomic E-state index is 0.389. The standard InChI is InChI=1S/C19H35NO/c1-2-3-4-5-9-17-11-10-16-8-6-7-13-19(16)14-12-18(15-21)20(17)19/h16-18,21H,2-15H2,1H3/t16-,17-,18-,19-/m0/s1. The van der Waals surface area contributed by atoms with Gasteiger partial charge in [0.15, 0.2) is 0 Å². The van der Waals surface area contributed by atoms with E-state index in [-0.39, 0.29) is 0 Å². The van der Waals surface area contributed by atoms with E-state index in [4.69, 9.17) is 0 Å². The van der Waals surface area contributed by atoms with Gasteiger partial charge in [-0.25, -0.2) is 0 Å². The third-order valence-corrected chi connectivity index (χ3v) is 6.83. The molecule has 1 N–H and O–H groups in total. The fraction of sp³-hybridized carbons (Fsp3) is 1.00. The molecule has 0 radical (unpaired) electrons. The Morgan fingerprint density at radius 1 is 0.952 bits per heavy atom. The summed E-state index contributed by atoms with van der Waals surface area (Å²) in [5, 5.41) is 9.88. The Hall–Kier alpha value is -0.0800. The number of aliphatic hydroxyl groups excluding tert-OH is 1. The van der Waals surface area contributed by atoms with Crippen LogP contribution in [0.3, 0.4) is 0 Å². The van der Waals surface area contributed by atoms with Gasteiger partial charge >= 0.3 is 0 Å². The van der Waals surface area contributed by atoms with Gasteiger partial charge in [0.05, 0.1) is 6.61 Å². The maximum Gasteiger partial charge on any atom is 0.0587 e. The fourth-order valence-corrected chi connectivity index (χ4v) is 5.89. The lowest BCUT2D eigenvalue weighted by Crippen LogP contribution is -2.61. The predicted molar refractivity (Wildman–Crippen MR) is 88.4 cm³/mol. The molecule has 2 heteroatoms. The van der Waals surface area contributed by atoms with Crippen LogP contribution in [0.5, 0.6) is 0 Å². The van der Waals surface area contributed by atoms with E-state index in [0.717, 1.165) is 12.0 Å². The first-order valence-electron chi connectivity index (χ1n) is 9.71. The summed E-state index contributed by atoms with van der Waals surface area (Å²) in [6, 6.07) is 1.25. The van der Waals surface area contributed by atoms with Crippen LogP contribution in [-0.2, 0) is 0 Å². The predicted octanol–water partition coefficient (Wildman–Crippen LogP) is 4.50. The second kappa shape index (κ2) is 7.00. The van der Waals surface area contributed by atoms with E-state index < -0.39 is 0 Å². The van der Waals surface area contributed by atoms with Crippen LogP contribution in [0.4, 0.5) is 0 Å². The van der Waals surface area contributed by atoms with Gasteiger partial charge in [0.25, 0.3) is 0 Å². The number of hydrogen-bond donors (Lipinski definition) is 1. The van der Waals surface area contributed by atoms with Crippen molar-refractivity contribution in [2.24, 2.45) is 5.92 Å². The van der Waals surface area contributed by atoms with Gasteiger partial charge in [-0.3, -0.25) is 4.90 Å². The normalized spacial score (nSPS) is 40.0. The summed E-state index contributed by atoms with van der Waals surface area (Å²) in [6.07, 6.45) is 18.1. The summed E-state index contributed by atoms with van der Waals surface area (Å²) in [5.74, 6) is 0.940. The second-order valence-electron chi connectivity index (χ2n) is 7.91. The minimum Gasteiger partial charge on any atom is -0.395 e. The monoisotopic (exact) mass is 293 g/mol. The minimum absolute atomic E-state index is 0.389. The first-order chi connectivity index (χ1) is 10.3. The molecule has 2 nitrogen and oxygen atoms in total. The number of rotatable bonds is 6. The summed E-state index contributed by atoms with van der Waals surface area (Å²) in [4.78, 5) is 2.87. The van der Waals surface area contributed by atoms with Gasteiger partial charge in [-0.2, -0.15) is 0 Å². The van der Waals surface area contributed by atoms with Crippen LogP contribution in [0, 0.1) is 5.92 Å². The number of hydrogen-bond acceptors (Lipinski definition) is 2. The van der Waals surface area contributed by atoms with Crippen molar-refractivity contribution in [1.82, 2.24) is 4.90 Å². The fourth-order valence-electron chi connectivity index (χ4n) is 5.89. The third kappa shape index (κ3) is 2.91. The molecule has 1 aliphatic carbocycles. The molecule has 3 fully saturated rings. The molecule has 0 bridgehead atoms. The molecule has 2 aliphatic heterocycles. The van der Waals surface area contributed by atoms with Gasteiger partial charge < -0.3 is 5.11 Å². The Labute approximate surface area is 131 Å². The van der Waals surface area contributed by atoms with E-state index in [0.29, 0.717) is 18.2 Å². The summed E-state index contributed by atoms with van der Waals surface area (Å²) < 4.78 is 0. The quantitative estimate of drug-likeness (QED) is 0.729. The van der Waals surface area contributed by atoms with Crippen molar-refractivity contribution in [2.45, 2.75) is 108 Å². The number of unbranched alkanes of at least 4 members (excludes halogenated alkanes) is 3. The van der Waals surface area contributed by atoms with Crippen molar-refractivity contribution >= 4 is 0 Å². The molecule has 122 valence electrons. The average Bonchev–Trinajstić information content (AvgIpc) is 2.90. The summed E-state index contributed by atoms with van der Waals surface area (Å²) in [5.41, 5.74) is 0.499. The average molecular weight is 293 g/mol. The molecule has 2 heterocycles. The number of aliphatic hydroxyl groups is 1. The van der Waals surface area contributed by atoms with E-state index in [1.54, 1.807) is 0 Å². The Morgan fingerprint density at radius 3 is 2.67 bits per heavy atom. The molecule has 3 aliphatic rings. The molecule has 0 aromatic carbocycles. The topological polar surface area (TPSA) is 23.5 Å². The summed E-state index contributed by atoms with van der Waals surface area (Å²) >= 11 is 0. The van der Waals surface area contributed by atoms with Crippen molar-refractivity contribution < 1.29 is 5.11 Å². The molecule has 0 amide bonds. The molecule has 0 aromatic rings. The molecule has 2 saturated heterocycles. The highest BCUT2D eigenvalue weighted by atomic mass is 16.3. The maximum atomic E-state index is 9.88. The molecule has 3 rings (SSSR count). The van der Waals surface area contributed by atoms with Gasteiger partial charge in [0.2, 0.25) is 0 Å². The van der Waals surface area contributed by atoms with E-state index >= 15 is 0 Å². The van der Waals surface area contributed by atoms with Crippen molar-refractivity contribution in [2.75, 3.05) is 6.61 Å². The molecular formula is C19H35NO. The Kier molecular flexibility index (Phi) is 5.27. The summed E-state index contributed by atoms with van der Waals surface area (Å²) in [7, 11) is 0. The second-order valence-corrected chi connectivity index (χ2v) is 7.91. The number of nitrogens with zero attached hydrogens (tertiary/aromatic N) is 1. The molecule has 1 saturated carbocycles. The lowest BCUT2D eigenvalue weighted by Gasteiger charge is -2.56. The number of piperidine rings is 1. The van der Waals surface area contributed by atoms with Crippen LogP contribution in [0.1, 0.15) is 90.4 Å². The lowest BCUT2D eigenvalue weighted by molar-refractivity contribution is -0.0702. The van der Waals surface area contributed by atoms with Crippen molar-refractivity contribution in [3.63, 3.8) is 0 Å². The van der Waals surface area contributed by atoms with Crippen LogP contribution in [-0.4, -0.2) is 34.2 Å². The van der Waals surface area contributed by atoms with Gasteiger partial charge in [-0.05, 0) is 50.9 Å². The molecule has 1 spiro atoms. The van der Waals surface area contributed by atoms with Gasteiger partial charge in [-0.1, -0.05) is 45.4 Å². The molecule has 4 atom stereocenters. The lowest BCUT2D eigenvalue weighted by atomic mass is 9.66. The molecular weight excluding hydrogens is 258 g/mol. The van der Waals surface area contributed by atoms with Crippen LogP contribution in [0.15, 0.2) is 0 Å². The Bertz CT molecular complexity index is 332. The van der Waals surface area contributed by atoms with E-state index in [1.807, 2.05) is 0 Å². The van der Waals surface area contributed by atoms with Crippen LogP contribution >= 0.6 is 0 Å².